The highest BCUT2D eigenvalue weighted by atomic mass is 35.5. The highest BCUT2D eigenvalue weighted by Gasteiger charge is 2.06. The Kier molecular flexibility index (Phi) is 8.75. The number of nitrogens with one attached hydrogen (secondary N) is 1. The second-order valence-electron chi connectivity index (χ2n) is 5.71. The minimum atomic E-state index is -0.0120. The van der Waals surface area contributed by atoms with Crippen LogP contribution in [0.5, 0.6) is 5.75 Å². The maximum atomic E-state index is 12.0. The number of halogens is 2. The van der Waals surface area contributed by atoms with Crippen LogP contribution in [-0.4, -0.2) is 19.1 Å². The van der Waals surface area contributed by atoms with E-state index < -0.39 is 0 Å². The highest BCUT2D eigenvalue weighted by molar-refractivity contribution is 6.35. The number of ether oxygens (including phenoxy) is 2. The summed E-state index contributed by atoms with van der Waals surface area (Å²) in [5, 5.41) is 3.97. The van der Waals surface area contributed by atoms with E-state index in [1.807, 2.05) is 31.2 Å². The van der Waals surface area contributed by atoms with Crippen LogP contribution in [0.15, 0.2) is 42.5 Å². The molecule has 1 N–H and O–H groups in total. The standard InChI is InChI=1S/C20H23Cl2NO3/c1-2-25-14-16-7-4-3-6-15(16)13-23-20(24)8-5-11-26-19-10-9-17(21)12-18(19)22/h3-4,6-7,9-10,12H,2,5,8,11,13-14H2,1H3,(H,23,24). The normalized spacial score (nSPS) is 10.6. The second-order valence-corrected chi connectivity index (χ2v) is 6.55. The third-order valence-electron chi connectivity index (χ3n) is 3.76. The first kappa shape index (κ1) is 20.6. The van der Waals surface area contributed by atoms with Crippen LogP contribution in [0.3, 0.4) is 0 Å². The summed E-state index contributed by atoms with van der Waals surface area (Å²) in [6.45, 7) is 4.09. The van der Waals surface area contributed by atoms with E-state index in [4.69, 9.17) is 32.7 Å². The molecule has 0 heterocycles. The lowest BCUT2D eigenvalue weighted by Crippen LogP contribution is -2.23. The Labute approximate surface area is 164 Å². The molecule has 2 aromatic carbocycles. The van der Waals surface area contributed by atoms with Crippen molar-refractivity contribution >= 4 is 29.1 Å². The van der Waals surface area contributed by atoms with Gasteiger partial charge in [-0.1, -0.05) is 47.5 Å². The third-order valence-corrected chi connectivity index (χ3v) is 4.29. The van der Waals surface area contributed by atoms with Crippen molar-refractivity contribution < 1.29 is 14.3 Å². The Balaban J connectivity index is 1.71. The van der Waals surface area contributed by atoms with Crippen LogP contribution in [-0.2, 0) is 22.7 Å². The molecule has 4 nitrogen and oxygen atoms in total. The first-order valence-corrected chi connectivity index (χ1v) is 9.34. The highest BCUT2D eigenvalue weighted by Crippen LogP contribution is 2.27. The fourth-order valence-electron chi connectivity index (χ4n) is 2.37. The average Bonchev–Trinajstić information content (AvgIpc) is 2.64. The quantitative estimate of drug-likeness (QED) is 0.575. The zero-order valence-electron chi connectivity index (χ0n) is 14.8. The van der Waals surface area contributed by atoms with Crippen molar-refractivity contribution in [2.75, 3.05) is 13.2 Å². The van der Waals surface area contributed by atoms with Crippen molar-refractivity contribution in [3.63, 3.8) is 0 Å². The Morgan fingerprint density at radius 2 is 1.88 bits per heavy atom. The van der Waals surface area contributed by atoms with Crippen molar-refractivity contribution in [3.05, 3.63) is 63.6 Å². The molecule has 0 saturated carbocycles. The summed E-state index contributed by atoms with van der Waals surface area (Å²) >= 11 is 11.9. The minimum Gasteiger partial charge on any atom is -0.492 e. The van der Waals surface area contributed by atoms with Crippen LogP contribution in [0, 0.1) is 0 Å². The molecule has 0 unspecified atom stereocenters. The molecule has 0 radical (unpaired) electrons. The lowest BCUT2D eigenvalue weighted by molar-refractivity contribution is -0.121. The Hall–Kier alpha value is -1.75. The molecule has 0 atom stereocenters. The number of hydrogen-bond acceptors (Lipinski definition) is 3. The van der Waals surface area contributed by atoms with Crippen molar-refractivity contribution in [1.29, 1.82) is 0 Å². The summed E-state index contributed by atoms with van der Waals surface area (Å²) in [5.41, 5.74) is 2.16. The van der Waals surface area contributed by atoms with Crippen LogP contribution < -0.4 is 10.1 Å². The predicted octanol–water partition coefficient (Wildman–Crippen LogP) is 5.01. The van der Waals surface area contributed by atoms with Gasteiger partial charge in [0, 0.05) is 24.6 Å². The zero-order valence-corrected chi connectivity index (χ0v) is 16.3. The van der Waals surface area contributed by atoms with Gasteiger partial charge in [-0.3, -0.25) is 4.79 Å². The summed E-state index contributed by atoms with van der Waals surface area (Å²) in [5.74, 6) is 0.559. The van der Waals surface area contributed by atoms with Crippen LogP contribution >= 0.6 is 23.2 Å². The molecular weight excluding hydrogens is 373 g/mol. The molecule has 26 heavy (non-hydrogen) atoms. The SMILES string of the molecule is CCOCc1ccccc1CNC(=O)CCCOc1ccc(Cl)cc1Cl. The molecule has 0 aliphatic heterocycles. The summed E-state index contributed by atoms with van der Waals surface area (Å²) in [6, 6.07) is 13.0. The average molecular weight is 396 g/mol. The topological polar surface area (TPSA) is 47.6 Å². The fourth-order valence-corrected chi connectivity index (χ4v) is 2.84. The molecule has 0 spiro atoms. The Morgan fingerprint density at radius 3 is 2.62 bits per heavy atom. The van der Waals surface area contributed by atoms with E-state index in [9.17, 15) is 4.79 Å². The van der Waals surface area contributed by atoms with Crippen LogP contribution in [0.25, 0.3) is 0 Å². The molecular formula is C20H23Cl2NO3. The lowest BCUT2D eigenvalue weighted by atomic mass is 10.1. The van der Waals surface area contributed by atoms with Gasteiger partial charge in [-0.15, -0.1) is 0 Å². The second kappa shape index (κ2) is 11.1. The maximum Gasteiger partial charge on any atom is 0.220 e. The summed E-state index contributed by atoms with van der Waals surface area (Å²) < 4.78 is 11.0. The smallest absolute Gasteiger partial charge is 0.220 e. The van der Waals surface area contributed by atoms with Gasteiger partial charge in [0.25, 0.3) is 0 Å². The van der Waals surface area contributed by atoms with Gasteiger partial charge in [0.15, 0.2) is 0 Å². The summed E-state index contributed by atoms with van der Waals surface area (Å²) in [6.07, 6.45) is 0.990. The number of amides is 1. The van der Waals surface area contributed by atoms with Crippen molar-refractivity contribution in [1.82, 2.24) is 5.32 Å². The van der Waals surface area contributed by atoms with Gasteiger partial charge < -0.3 is 14.8 Å². The van der Waals surface area contributed by atoms with E-state index in [1.165, 1.54) is 0 Å². The molecule has 0 aliphatic rings. The van der Waals surface area contributed by atoms with Crippen LogP contribution in [0.1, 0.15) is 30.9 Å². The monoisotopic (exact) mass is 395 g/mol. The minimum absolute atomic E-state index is 0.0120. The van der Waals surface area contributed by atoms with Gasteiger partial charge >= 0.3 is 0 Å². The van der Waals surface area contributed by atoms with Crippen LogP contribution in [0.2, 0.25) is 10.0 Å². The molecule has 2 rings (SSSR count). The Bertz CT molecular complexity index is 722. The number of hydrogen-bond donors (Lipinski definition) is 1. The lowest BCUT2D eigenvalue weighted by Gasteiger charge is -2.11. The predicted molar refractivity (Wildman–Crippen MR) is 105 cm³/mol. The van der Waals surface area contributed by atoms with Gasteiger partial charge in [0.2, 0.25) is 5.91 Å². The number of carbonyl (C=O) groups is 1. The maximum absolute atomic E-state index is 12.0. The van der Waals surface area contributed by atoms with Gasteiger partial charge in [0.05, 0.1) is 18.2 Å². The van der Waals surface area contributed by atoms with Crippen molar-refractivity contribution in [3.8, 4) is 5.75 Å². The first-order valence-electron chi connectivity index (χ1n) is 8.59. The molecule has 140 valence electrons. The molecule has 0 fully saturated rings. The first-order chi connectivity index (χ1) is 12.6. The molecule has 6 heteroatoms. The van der Waals surface area contributed by atoms with Crippen molar-refractivity contribution in [2.45, 2.75) is 32.9 Å². The number of benzene rings is 2. The molecule has 0 saturated heterocycles. The number of carbonyl (C=O) groups excluding carboxylic acids is 1. The van der Waals surface area contributed by atoms with Gasteiger partial charge in [-0.25, -0.2) is 0 Å². The summed E-state index contributed by atoms with van der Waals surface area (Å²) in [4.78, 5) is 12.0. The van der Waals surface area contributed by atoms with E-state index in [1.54, 1.807) is 18.2 Å². The van der Waals surface area contributed by atoms with E-state index in [-0.39, 0.29) is 5.91 Å². The molecule has 1 amide bonds. The van der Waals surface area contributed by atoms with Gasteiger partial charge in [0.1, 0.15) is 5.75 Å². The molecule has 0 aliphatic carbocycles. The van der Waals surface area contributed by atoms with Gasteiger partial charge in [-0.05, 0) is 42.7 Å². The van der Waals surface area contributed by atoms with E-state index in [2.05, 4.69) is 5.32 Å². The van der Waals surface area contributed by atoms with Crippen LogP contribution in [0.4, 0.5) is 0 Å². The largest absolute Gasteiger partial charge is 0.492 e. The Morgan fingerprint density at radius 1 is 1.12 bits per heavy atom. The van der Waals surface area contributed by atoms with Gasteiger partial charge in [-0.2, -0.15) is 0 Å². The molecule has 0 bridgehead atoms. The molecule has 0 aromatic heterocycles. The van der Waals surface area contributed by atoms with Crippen molar-refractivity contribution in [2.24, 2.45) is 0 Å². The van der Waals surface area contributed by atoms with E-state index in [0.29, 0.717) is 55.0 Å². The summed E-state index contributed by atoms with van der Waals surface area (Å²) in [7, 11) is 0. The number of rotatable bonds is 10. The molecule has 2 aromatic rings. The van der Waals surface area contributed by atoms with E-state index >= 15 is 0 Å². The van der Waals surface area contributed by atoms with E-state index in [0.717, 1.165) is 11.1 Å². The fraction of sp³-hybridized carbons (Fsp3) is 0.350. The zero-order chi connectivity index (χ0) is 18.8. The third kappa shape index (κ3) is 6.87.